The van der Waals surface area contributed by atoms with E-state index < -0.39 is 0 Å². The summed E-state index contributed by atoms with van der Waals surface area (Å²) in [5.41, 5.74) is 1.04. The molecule has 0 radical (unpaired) electrons. The van der Waals surface area contributed by atoms with E-state index in [0.29, 0.717) is 5.88 Å². The molecular formula is C9H15ClN2O. The summed E-state index contributed by atoms with van der Waals surface area (Å²) in [5, 5.41) is 5.76. The molecule has 1 rings (SSSR count). The van der Waals surface area contributed by atoms with Crippen molar-refractivity contribution >= 4 is 23.2 Å². The molecule has 3 nitrogen and oxygen atoms in total. The van der Waals surface area contributed by atoms with E-state index in [1.165, 1.54) is 0 Å². The number of amides is 1. The quantitative estimate of drug-likeness (QED) is 0.645. The first kappa shape index (κ1) is 10.5. The molecule has 1 aliphatic heterocycles. The van der Waals surface area contributed by atoms with Crippen LogP contribution in [0.5, 0.6) is 0 Å². The lowest BCUT2D eigenvalue weighted by Crippen LogP contribution is -2.30. The Bertz CT molecular complexity index is 228. The number of rotatable bonds is 3. The van der Waals surface area contributed by atoms with Gasteiger partial charge in [0, 0.05) is 24.9 Å². The van der Waals surface area contributed by atoms with E-state index in [1.807, 2.05) is 6.92 Å². The molecule has 0 bridgehead atoms. The van der Waals surface area contributed by atoms with Gasteiger partial charge in [-0.15, -0.1) is 11.6 Å². The molecule has 1 atom stereocenters. The highest BCUT2D eigenvalue weighted by Crippen LogP contribution is 2.19. The predicted molar refractivity (Wildman–Crippen MR) is 54.0 cm³/mol. The Morgan fingerprint density at radius 2 is 2.46 bits per heavy atom. The minimum absolute atomic E-state index is 0.0245. The van der Waals surface area contributed by atoms with Crippen LogP contribution in [0, 0.1) is 0 Å². The van der Waals surface area contributed by atoms with Crippen LogP contribution in [0.2, 0.25) is 0 Å². The van der Waals surface area contributed by atoms with Crippen LogP contribution < -0.4 is 0 Å². The van der Waals surface area contributed by atoms with Gasteiger partial charge in [-0.05, 0) is 19.8 Å². The molecule has 1 aliphatic rings. The first-order chi connectivity index (χ1) is 6.15. The smallest absolute Gasteiger partial charge is 0.239 e. The zero-order valence-corrected chi connectivity index (χ0v) is 8.84. The number of hydrazone groups is 1. The van der Waals surface area contributed by atoms with Gasteiger partial charge in [-0.2, -0.15) is 5.10 Å². The van der Waals surface area contributed by atoms with Crippen LogP contribution in [-0.4, -0.2) is 28.5 Å². The number of hydrogen-bond donors (Lipinski definition) is 0. The van der Waals surface area contributed by atoms with Crippen molar-refractivity contribution in [1.82, 2.24) is 5.01 Å². The fourth-order valence-corrected chi connectivity index (χ4v) is 1.75. The van der Waals surface area contributed by atoms with Gasteiger partial charge in [-0.3, -0.25) is 4.79 Å². The molecule has 1 amide bonds. The highest BCUT2D eigenvalue weighted by Gasteiger charge is 2.26. The third-order valence-corrected chi connectivity index (χ3v) is 2.42. The Labute approximate surface area is 83.7 Å². The van der Waals surface area contributed by atoms with Gasteiger partial charge in [-0.1, -0.05) is 0 Å². The Hall–Kier alpha value is -0.570. The average molecular weight is 203 g/mol. The number of carbonyl (C=O) groups is 1. The van der Waals surface area contributed by atoms with Crippen molar-refractivity contribution in [2.75, 3.05) is 5.88 Å². The van der Waals surface area contributed by atoms with Gasteiger partial charge in [0.25, 0.3) is 0 Å². The monoisotopic (exact) mass is 202 g/mol. The van der Waals surface area contributed by atoms with Gasteiger partial charge < -0.3 is 0 Å². The maximum Gasteiger partial charge on any atom is 0.239 e. The summed E-state index contributed by atoms with van der Waals surface area (Å²) in [6, 6.07) is 0.247. The molecule has 0 spiro atoms. The molecule has 1 heterocycles. The molecule has 4 heteroatoms. The van der Waals surface area contributed by atoms with Gasteiger partial charge in [0.2, 0.25) is 5.91 Å². The molecule has 0 saturated heterocycles. The van der Waals surface area contributed by atoms with Crippen molar-refractivity contribution in [2.24, 2.45) is 5.10 Å². The molecule has 0 aromatic heterocycles. The van der Waals surface area contributed by atoms with Gasteiger partial charge >= 0.3 is 0 Å². The van der Waals surface area contributed by atoms with E-state index in [4.69, 9.17) is 11.6 Å². The highest BCUT2D eigenvalue weighted by atomic mass is 35.5. The Morgan fingerprint density at radius 3 is 3.00 bits per heavy atom. The van der Waals surface area contributed by atoms with Gasteiger partial charge in [-0.25, -0.2) is 5.01 Å². The zero-order chi connectivity index (χ0) is 9.84. The van der Waals surface area contributed by atoms with Crippen LogP contribution in [0.4, 0.5) is 0 Å². The first-order valence-electron chi connectivity index (χ1n) is 4.55. The second-order valence-electron chi connectivity index (χ2n) is 3.39. The van der Waals surface area contributed by atoms with E-state index in [-0.39, 0.29) is 11.9 Å². The predicted octanol–water partition coefficient (Wildman–Crippen LogP) is 2.00. The van der Waals surface area contributed by atoms with Crippen LogP contribution in [0.25, 0.3) is 0 Å². The largest absolute Gasteiger partial charge is 0.273 e. The molecule has 0 saturated carbocycles. The van der Waals surface area contributed by atoms with Crippen LogP contribution in [0.3, 0.4) is 0 Å². The van der Waals surface area contributed by atoms with Crippen molar-refractivity contribution in [3.63, 3.8) is 0 Å². The second-order valence-corrected chi connectivity index (χ2v) is 3.77. The molecule has 0 fully saturated rings. The number of hydrogen-bond acceptors (Lipinski definition) is 2. The number of alkyl halides is 1. The maximum absolute atomic E-state index is 11.2. The SMILES string of the molecule is CC(=O)N1N=C(C)CC1CCCCl. The van der Waals surface area contributed by atoms with E-state index >= 15 is 0 Å². The van der Waals surface area contributed by atoms with Crippen molar-refractivity contribution in [3.05, 3.63) is 0 Å². The summed E-state index contributed by atoms with van der Waals surface area (Å²) in [7, 11) is 0. The normalized spacial score (nSPS) is 21.9. The Morgan fingerprint density at radius 1 is 1.77 bits per heavy atom. The molecule has 13 heavy (non-hydrogen) atoms. The molecular weight excluding hydrogens is 188 g/mol. The van der Waals surface area contributed by atoms with E-state index in [2.05, 4.69) is 5.10 Å². The molecule has 0 aromatic carbocycles. The minimum atomic E-state index is 0.0245. The van der Waals surface area contributed by atoms with E-state index in [9.17, 15) is 4.79 Å². The van der Waals surface area contributed by atoms with Crippen molar-refractivity contribution in [3.8, 4) is 0 Å². The molecule has 74 valence electrons. The van der Waals surface area contributed by atoms with Crippen molar-refractivity contribution < 1.29 is 4.79 Å². The summed E-state index contributed by atoms with van der Waals surface area (Å²) in [5.74, 6) is 0.679. The van der Waals surface area contributed by atoms with Crippen LogP contribution in [0.15, 0.2) is 5.10 Å². The summed E-state index contributed by atoms with van der Waals surface area (Å²) in [6.07, 6.45) is 2.79. The topological polar surface area (TPSA) is 32.7 Å². The lowest BCUT2D eigenvalue weighted by Gasteiger charge is -2.19. The van der Waals surface area contributed by atoms with Gasteiger partial charge in [0.05, 0.1) is 6.04 Å². The van der Waals surface area contributed by atoms with E-state index in [0.717, 1.165) is 25.0 Å². The highest BCUT2D eigenvalue weighted by molar-refractivity contribution is 6.17. The maximum atomic E-state index is 11.2. The lowest BCUT2D eigenvalue weighted by molar-refractivity contribution is -0.130. The fourth-order valence-electron chi connectivity index (χ4n) is 1.60. The summed E-state index contributed by atoms with van der Waals surface area (Å²) < 4.78 is 0. The zero-order valence-electron chi connectivity index (χ0n) is 8.09. The molecule has 0 aliphatic carbocycles. The van der Waals surface area contributed by atoms with E-state index in [1.54, 1.807) is 11.9 Å². The second kappa shape index (κ2) is 4.61. The lowest BCUT2D eigenvalue weighted by atomic mass is 10.1. The van der Waals surface area contributed by atoms with Gasteiger partial charge in [0.1, 0.15) is 0 Å². The third kappa shape index (κ3) is 2.69. The Kier molecular flexibility index (Phi) is 3.72. The number of nitrogens with zero attached hydrogens (tertiary/aromatic N) is 2. The van der Waals surface area contributed by atoms with Gasteiger partial charge in [0.15, 0.2) is 0 Å². The van der Waals surface area contributed by atoms with Crippen LogP contribution in [-0.2, 0) is 4.79 Å². The fraction of sp³-hybridized carbons (Fsp3) is 0.778. The number of carbonyl (C=O) groups excluding carboxylic acids is 1. The van der Waals surface area contributed by atoms with Crippen molar-refractivity contribution in [2.45, 2.75) is 39.2 Å². The first-order valence-corrected chi connectivity index (χ1v) is 5.08. The molecule has 1 unspecified atom stereocenters. The number of halogens is 1. The average Bonchev–Trinajstić information content (AvgIpc) is 2.43. The van der Waals surface area contributed by atoms with Crippen molar-refractivity contribution in [1.29, 1.82) is 0 Å². The standard InChI is InChI=1S/C9H15ClN2O/c1-7-6-9(4-3-5-10)12(11-7)8(2)13/h9H,3-6H2,1-2H3. The molecule has 0 aromatic rings. The minimum Gasteiger partial charge on any atom is -0.273 e. The molecule has 0 N–H and O–H groups in total. The summed E-state index contributed by atoms with van der Waals surface area (Å²) in [4.78, 5) is 11.2. The van der Waals surface area contributed by atoms with Crippen LogP contribution >= 0.6 is 11.6 Å². The third-order valence-electron chi connectivity index (χ3n) is 2.15. The Balaban J connectivity index is 2.52. The summed E-state index contributed by atoms with van der Waals surface area (Å²) in [6.45, 7) is 3.51. The summed E-state index contributed by atoms with van der Waals surface area (Å²) >= 11 is 5.60. The van der Waals surface area contributed by atoms with Crippen LogP contribution in [0.1, 0.15) is 33.1 Å².